The van der Waals surface area contributed by atoms with Crippen molar-refractivity contribution in [3.05, 3.63) is 106 Å². The highest BCUT2D eigenvalue weighted by atomic mass is 127. The number of allylic oxidation sites excluding steroid dienone is 1. The third-order valence-electron chi connectivity index (χ3n) is 4.20. The van der Waals surface area contributed by atoms with Gasteiger partial charge in [-0.3, -0.25) is 4.79 Å². The molecule has 0 radical (unpaired) electrons. The molecule has 28 heavy (non-hydrogen) atoms. The van der Waals surface area contributed by atoms with Gasteiger partial charge in [0.1, 0.15) is 0 Å². The van der Waals surface area contributed by atoms with Crippen molar-refractivity contribution in [1.82, 2.24) is 20.2 Å². The summed E-state index contributed by atoms with van der Waals surface area (Å²) in [6, 6.07) is 28.6. The number of nitrogens with zero attached hydrogens (tertiary/aromatic N) is 4. The molecule has 0 atom stereocenters. The molecule has 6 heteroatoms. The van der Waals surface area contributed by atoms with Crippen LogP contribution in [0.25, 0.3) is 17.1 Å². The second kappa shape index (κ2) is 8.26. The van der Waals surface area contributed by atoms with Crippen LogP contribution in [0.1, 0.15) is 15.9 Å². The molecule has 3 aromatic carbocycles. The first-order valence-electron chi connectivity index (χ1n) is 8.65. The van der Waals surface area contributed by atoms with Crippen molar-refractivity contribution < 1.29 is 4.79 Å². The zero-order chi connectivity index (χ0) is 19.3. The van der Waals surface area contributed by atoms with Gasteiger partial charge >= 0.3 is 0 Å². The van der Waals surface area contributed by atoms with Crippen LogP contribution in [-0.4, -0.2) is 26.0 Å². The molecular formula is C22H15IN4O. The van der Waals surface area contributed by atoms with Gasteiger partial charge in [-0.2, -0.15) is 4.68 Å². The molecule has 4 rings (SSSR count). The van der Waals surface area contributed by atoms with E-state index in [1.54, 1.807) is 16.8 Å². The molecule has 0 spiro atoms. The van der Waals surface area contributed by atoms with Gasteiger partial charge in [0.25, 0.3) is 0 Å². The minimum absolute atomic E-state index is 0.0745. The van der Waals surface area contributed by atoms with Gasteiger partial charge < -0.3 is 0 Å². The first-order valence-corrected chi connectivity index (χ1v) is 9.72. The third kappa shape index (κ3) is 3.63. The first kappa shape index (κ1) is 18.2. The third-order valence-corrected chi connectivity index (χ3v) is 5.20. The van der Waals surface area contributed by atoms with Crippen LogP contribution in [0.5, 0.6) is 0 Å². The van der Waals surface area contributed by atoms with Gasteiger partial charge in [-0.15, -0.1) is 5.10 Å². The molecule has 5 nitrogen and oxygen atoms in total. The van der Waals surface area contributed by atoms with Gasteiger partial charge in [-0.25, -0.2) is 0 Å². The van der Waals surface area contributed by atoms with E-state index in [-0.39, 0.29) is 5.78 Å². The van der Waals surface area contributed by atoms with Crippen LogP contribution in [0.15, 0.2) is 94.6 Å². The molecule has 0 bridgehead atoms. The van der Waals surface area contributed by atoms with E-state index in [2.05, 4.69) is 38.1 Å². The van der Waals surface area contributed by atoms with Crippen molar-refractivity contribution >= 4 is 34.1 Å². The number of carbonyl (C=O) groups excluding carboxylic acids is 1. The zero-order valence-corrected chi connectivity index (χ0v) is 16.9. The Balaban J connectivity index is 1.92. The second-order valence-electron chi connectivity index (χ2n) is 6.00. The lowest BCUT2D eigenvalue weighted by atomic mass is 10.1. The van der Waals surface area contributed by atoms with Gasteiger partial charge in [0.15, 0.2) is 5.82 Å². The predicted molar refractivity (Wildman–Crippen MR) is 117 cm³/mol. The van der Waals surface area contributed by atoms with Crippen molar-refractivity contribution in [3.8, 4) is 11.4 Å². The molecule has 0 aliphatic heterocycles. The Labute approximate surface area is 175 Å². The summed E-state index contributed by atoms with van der Waals surface area (Å²) in [5.74, 6) is 0.504. The van der Waals surface area contributed by atoms with E-state index in [1.165, 1.54) is 0 Å². The van der Waals surface area contributed by atoms with Crippen molar-refractivity contribution in [2.24, 2.45) is 0 Å². The summed E-state index contributed by atoms with van der Waals surface area (Å²) in [5, 5.41) is 12.3. The number of hydrogen-bond acceptors (Lipinski definition) is 4. The fourth-order valence-electron chi connectivity index (χ4n) is 2.87. The van der Waals surface area contributed by atoms with Crippen LogP contribution in [0.3, 0.4) is 0 Å². The van der Waals surface area contributed by atoms with Crippen LogP contribution in [0.2, 0.25) is 0 Å². The molecule has 1 aromatic heterocycles. The standard InChI is InChI=1S/C22H15IN4O/c23-19(21(28)17-12-6-2-7-13-17)20(16-10-4-1-5-11-16)27-22(24-25-26-27)18-14-8-3-9-15-18/h1-15H/b20-19+. The predicted octanol–water partition coefficient (Wildman–Crippen LogP) is 4.87. The lowest BCUT2D eigenvalue weighted by Crippen LogP contribution is -2.10. The van der Waals surface area contributed by atoms with Crippen molar-refractivity contribution in [1.29, 1.82) is 0 Å². The maximum atomic E-state index is 13.2. The monoisotopic (exact) mass is 478 g/mol. The topological polar surface area (TPSA) is 60.7 Å². The number of halogens is 1. The molecule has 136 valence electrons. The highest BCUT2D eigenvalue weighted by Crippen LogP contribution is 2.30. The fourth-order valence-corrected chi connectivity index (χ4v) is 3.72. The lowest BCUT2D eigenvalue weighted by molar-refractivity contribution is 0.104. The number of tetrazole rings is 1. The Hall–Kier alpha value is -3.13. The average Bonchev–Trinajstić information content (AvgIpc) is 3.24. The van der Waals surface area contributed by atoms with E-state index >= 15 is 0 Å². The Morgan fingerprint density at radius 1 is 0.750 bits per heavy atom. The fraction of sp³-hybridized carbons (Fsp3) is 0. The molecular weight excluding hydrogens is 463 g/mol. The van der Waals surface area contributed by atoms with Crippen LogP contribution in [0, 0.1) is 0 Å². The summed E-state index contributed by atoms with van der Waals surface area (Å²) in [5.41, 5.74) is 3.01. The quantitative estimate of drug-likeness (QED) is 0.233. The van der Waals surface area contributed by atoms with Gasteiger partial charge in [0.05, 0.1) is 9.28 Å². The Morgan fingerprint density at radius 3 is 1.89 bits per heavy atom. The molecule has 0 unspecified atom stereocenters. The Kier molecular flexibility index (Phi) is 5.38. The molecule has 0 aliphatic rings. The molecule has 4 aromatic rings. The number of rotatable bonds is 5. The summed E-state index contributed by atoms with van der Waals surface area (Å²) >= 11 is 2.09. The summed E-state index contributed by atoms with van der Waals surface area (Å²) in [6.07, 6.45) is 0. The second-order valence-corrected chi connectivity index (χ2v) is 7.08. The number of ketones is 1. The van der Waals surface area contributed by atoms with Crippen molar-refractivity contribution in [2.75, 3.05) is 0 Å². The normalized spacial score (nSPS) is 11.8. The van der Waals surface area contributed by atoms with E-state index in [9.17, 15) is 4.79 Å². The first-order chi connectivity index (χ1) is 13.8. The zero-order valence-electron chi connectivity index (χ0n) is 14.7. The average molecular weight is 478 g/mol. The summed E-state index contributed by atoms with van der Waals surface area (Å²) < 4.78 is 2.17. The lowest BCUT2D eigenvalue weighted by Gasteiger charge is -2.13. The Bertz CT molecular complexity index is 1120. The van der Waals surface area contributed by atoms with Crippen LogP contribution < -0.4 is 0 Å². The van der Waals surface area contributed by atoms with E-state index in [1.807, 2.05) is 78.9 Å². The largest absolute Gasteiger partial charge is 0.288 e. The minimum atomic E-state index is -0.0745. The smallest absolute Gasteiger partial charge is 0.201 e. The van der Waals surface area contributed by atoms with Gasteiger partial charge in [0.2, 0.25) is 5.78 Å². The van der Waals surface area contributed by atoms with Crippen LogP contribution in [0.4, 0.5) is 0 Å². The van der Waals surface area contributed by atoms with Crippen LogP contribution in [-0.2, 0) is 0 Å². The van der Waals surface area contributed by atoms with Gasteiger partial charge in [-0.05, 0) is 33.0 Å². The summed E-state index contributed by atoms with van der Waals surface area (Å²) in [6.45, 7) is 0. The van der Waals surface area contributed by atoms with Crippen molar-refractivity contribution in [2.45, 2.75) is 0 Å². The minimum Gasteiger partial charge on any atom is -0.288 e. The van der Waals surface area contributed by atoms with Gasteiger partial charge in [0, 0.05) is 16.7 Å². The highest BCUT2D eigenvalue weighted by molar-refractivity contribution is 14.1. The van der Waals surface area contributed by atoms with E-state index in [0.29, 0.717) is 20.7 Å². The number of hydrogen-bond donors (Lipinski definition) is 0. The summed E-state index contributed by atoms with van der Waals surface area (Å²) in [4.78, 5) is 13.2. The molecule has 0 fully saturated rings. The van der Waals surface area contributed by atoms with Gasteiger partial charge in [-0.1, -0.05) is 91.0 Å². The number of aromatic nitrogens is 4. The van der Waals surface area contributed by atoms with Crippen molar-refractivity contribution in [3.63, 3.8) is 0 Å². The van der Waals surface area contributed by atoms with Crippen LogP contribution >= 0.6 is 22.6 Å². The van der Waals surface area contributed by atoms with E-state index in [4.69, 9.17) is 0 Å². The molecule has 0 saturated heterocycles. The molecule has 1 heterocycles. The number of carbonyl (C=O) groups is 1. The SMILES string of the molecule is O=C(/C(I)=C(/c1ccccc1)n1nnnc1-c1ccccc1)c1ccccc1. The molecule has 0 aliphatic carbocycles. The summed E-state index contributed by atoms with van der Waals surface area (Å²) in [7, 11) is 0. The maximum absolute atomic E-state index is 13.2. The molecule has 0 saturated carbocycles. The van der Waals surface area contributed by atoms with E-state index < -0.39 is 0 Å². The molecule has 0 amide bonds. The number of Topliss-reactive ketones (excluding diaryl/α,β-unsaturated/α-hetero) is 1. The highest BCUT2D eigenvalue weighted by Gasteiger charge is 2.22. The molecule has 0 N–H and O–H groups in total. The van der Waals surface area contributed by atoms with E-state index in [0.717, 1.165) is 11.1 Å². The number of benzene rings is 3. The Morgan fingerprint density at radius 2 is 1.29 bits per heavy atom. The maximum Gasteiger partial charge on any atom is 0.201 e.